The van der Waals surface area contributed by atoms with Crippen molar-refractivity contribution in [2.24, 2.45) is 0 Å². The summed E-state index contributed by atoms with van der Waals surface area (Å²) in [5.74, 6) is 0. The van der Waals surface area contributed by atoms with E-state index >= 15 is 0 Å². The molecule has 0 aliphatic heterocycles. The predicted octanol–water partition coefficient (Wildman–Crippen LogP) is 3.83. The van der Waals surface area contributed by atoms with Gasteiger partial charge in [-0.1, -0.05) is 17.7 Å². The van der Waals surface area contributed by atoms with Crippen LogP contribution in [0.4, 0.5) is 10.5 Å². The van der Waals surface area contributed by atoms with Gasteiger partial charge >= 0.3 is 6.03 Å². The lowest BCUT2D eigenvalue weighted by atomic mass is 10.1. The number of hydrogen-bond donors (Lipinski definition) is 2. The molecule has 2 N–H and O–H groups in total. The maximum Gasteiger partial charge on any atom is 0.319 e. The number of anilines is 1. The third-order valence-corrected chi connectivity index (χ3v) is 4.03. The van der Waals surface area contributed by atoms with Crippen LogP contribution in [0, 0.1) is 0 Å². The highest BCUT2D eigenvalue weighted by atomic mass is 35.5. The number of carbonyl (C=O) groups is 1. The number of carbonyl (C=O) groups excluding carboxylic acids is 1. The van der Waals surface area contributed by atoms with Gasteiger partial charge < -0.3 is 15.5 Å². The third kappa shape index (κ3) is 4.74. The summed E-state index contributed by atoms with van der Waals surface area (Å²) in [6.45, 7) is 0.538. The number of thiophene rings is 1. The van der Waals surface area contributed by atoms with Crippen LogP contribution >= 0.6 is 22.9 Å². The van der Waals surface area contributed by atoms with Crippen LogP contribution in [0.25, 0.3) is 0 Å². The zero-order valence-electron chi connectivity index (χ0n) is 12.0. The molecule has 1 aromatic carbocycles. The number of nitrogens with one attached hydrogen (secondary N) is 2. The number of nitrogens with zero attached hydrogens (tertiary/aromatic N) is 1. The average Bonchev–Trinajstić information content (AvgIpc) is 2.92. The van der Waals surface area contributed by atoms with E-state index < -0.39 is 0 Å². The highest BCUT2D eigenvalue weighted by Crippen LogP contribution is 2.20. The molecular formula is C15H18ClN3OS. The van der Waals surface area contributed by atoms with E-state index in [9.17, 15) is 4.79 Å². The van der Waals surface area contributed by atoms with Gasteiger partial charge in [-0.3, -0.25) is 0 Å². The third-order valence-electron chi connectivity index (χ3n) is 3.09. The molecule has 112 valence electrons. The number of amides is 2. The van der Waals surface area contributed by atoms with E-state index in [0.717, 1.165) is 0 Å². The van der Waals surface area contributed by atoms with E-state index in [2.05, 4.69) is 27.0 Å². The molecule has 4 nitrogen and oxygen atoms in total. The quantitative estimate of drug-likeness (QED) is 0.878. The molecular weight excluding hydrogens is 306 g/mol. The second kappa shape index (κ2) is 7.45. The van der Waals surface area contributed by atoms with Crippen LogP contribution < -0.4 is 10.6 Å². The smallest absolute Gasteiger partial charge is 0.319 e. The summed E-state index contributed by atoms with van der Waals surface area (Å²) < 4.78 is 0. The van der Waals surface area contributed by atoms with E-state index in [1.165, 1.54) is 5.56 Å². The zero-order valence-corrected chi connectivity index (χ0v) is 13.5. The van der Waals surface area contributed by atoms with Crippen molar-refractivity contribution in [1.29, 1.82) is 0 Å². The van der Waals surface area contributed by atoms with E-state index in [1.54, 1.807) is 35.6 Å². The number of halogens is 1. The summed E-state index contributed by atoms with van der Waals surface area (Å²) in [7, 11) is 4.00. The fourth-order valence-corrected chi connectivity index (χ4v) is 2.89. The fraction of sp³-hybridized carbons (Fsp3) is 0.267. The second-order valence-electron chi connectivity index (χ2n) is 4.88. The first-order valence-electron chi connectivity index (χ1n) is 6.55. The highest BCUT2D eigenvalue weighted by Gasteiger charge is 2.15. The van der Waals surface area contributed by atoms with Crippen molar-refractivity contribution in [2.75, 3.05) is 26.0 Å². The van der Waals surface area contributed by atoms with Crippen LogP contribution in [0.3, 0.4) is 0 Å². The molecule has 2 aromatic rings. The Morgan fingerprint density at radius 3 is 2.81 bits per heavy atom. The van der Waals surface area contributed by atoms with Crippen LogP contribution in [0.2, 0.25) is 5.02 Å². The summed E-state index contributed by atoms with van der Waals surface area (Å²) in [6, 6.07) is 9.07. The Bertz CT molecular complexity index is 586. The van der Waals surface area contributed by atoms with Crippen molar-refractivity contribution < 1.29 is 4.79 Å². The normalized spacial score (nSPS) is 12.2. The Labute approximate surface area is 133 Å². The molecule has 0 bridgehead atoms. The largest absolute Gasteiger partial charge is 0.336 e. The van der Waals surface area contributed by atoms with Gasteiger partial charge in [0.05, 0.1) is 6.04 Å². The van der Waals surface area contributed by atoms with Crippen LogP contribution in [-0.2, 0) is 0 Å². The Balaban J connectivity index is 1.90. The van der Waals surface area contributed by atoms with Gasteiger partial charge in [-0.05, 0) is 54.7 Å². The Morgan fingerprint density at radius 2 is 2.19 bits per heavy atom. The van der Waals surface area contributed by atoms with Crippen molar-refractivity contribution >= 4 is 34.7 Å². The standard InChI is InChI=1S/C15H18ClN3OS/c1-19(2)14(11-6-7-21-10-11)9-17-15(20)18-13-5-3-4-12(16)8-13/h3-8,10,14H,9H2,1-2H3,(H2,17,18,20). The summed E-state index contributed by atoms with van der Waals surface area (Å²) in [5.41, 5.74) is 1.88. The van der Waals surface area contributed by atoms with E-state index in [4.69, 9.17) is 11.6 Å². The molecule has 0 aliphatic carbocycles. The lowest BCUT2D eigenvalue weighted by molar-refractivity contribution is 0.243. The number of urea groups is 1. The molecule has 21 heavy (non-hydrogen) atoms. The summed E-state index contributed by atoms with van der Waals surface area (Å²) >= 11 is 7.54. The SMILES string of the molecule is CN(C)C(CNC(=O)Nc1cccc(Cl)c1)c1ccsc1. The Kier molecular flexibility index (Phi) is 5.61. The average molecular weight is 324 g/mol. The molecule has 0 fully saturated rings. The van der Waals surface area contributed by atoms with Crippen LogP contribution in [0.5, 0.6) is 0 Å². The molecule has 6 heteroatoms. The van der Waals surface area contributed by atoms with Gasteiger partial charge in [0.15, 0.2) is 0 Å². The first-order valence-corrected chi connectivity index (χ1v) is 7.87. The molecule has 1 heterocycles. The predicted molar refractivity (Wildman–Crippen MR) is 89.2 cm³/mol. The molecule has 1 atom stereocenters. The van der Waals surface area contributed by atoms with E-state index in [-0.39, 0.29) is 12.1 Å². The van der Waals surface area contributed by atoms with E-state index in [0.29, 0.717) is 17.3 Å². The maximum atomic E-state index is 11.9. The van der Waals surface area contributed by atoms with Crippen molar-refractivity contribution in [2.45, 2.75) is 6.04 Å². The Hall–Kier alpha value is -1.56. The lowest BCUT2D eigenvalue weighted by Gasteiger charge is -2.24. The van der Waals surface area contributed by atoms with Gasteiger partial charge in [0.1, 0.15) is 0 Å². The minimum atomic E-state index is -0.237. The van der Waals surface area contributed by atoms with Crippen molar-refractivity contribution in [3.8, 4) is 0 Å². The minimum Gasteiger partial charge on any atom is -0.336 e. The lowest BCUT2D eigenvalue weighted by Crippen LogP contribution is -2.36. The van der Waals surface area contributed by atoms with Crippen molar-refractivity contribution in [1.82, 2.24) is 10.2 Å². The van der Waals surface area contributed by atoms with Crippen LogP contribution in [0.1, 0.15) is 11.6 Å². The molecule has 1 unspecified atom stereocenters. The van der Waals surface area contributed by atoms with Gasteiger partial charge in [0.25, 0.3) is 0 Å². The zero-order chi connectivity index (χ0) is 15.2. The summed E-state index contributed by atoms with van der Waals surface area (Å²) in [5, 5.41) is 10.4. The van der Waals surface area contributed by atoms with E-state index in [1.807, 2.05) is 19.5 Å². The summed E-state index contributed by atoms with van der Waals surface area (Å²) in [6.07, 6.45) is 0. The highest BCUT2D eigenvalue weighted by molar-refractivity contribution is 7.07. The fourth-order valence-electron chi connectivity index (χ4n) is 1.99. The maximum absolute atomic E-state index is 11.9. The topological polar surface area (TPSA) is 44.4 Å². The summed E-state index contributed by atoms with van der Waals surface area (Å²) in [4.78, 5) is 14.0. The first kappa shape index (κ1) is 15.8. The molecule has 0 spiro atoms. The molecule has 2 rings (SSSR count). The Morgan fingerprint density at radius 1 is 1.38 bits per heavy atom. The van der Waals surface area contributed by atoms with Crippen LogP contribution in [0.15, 0.2) is 41.1 Å². The molecule has 0 aliphatic rings. The van der Waals surface area contributed by atoms with Crippen molar-refractivity contribution in [3.63, 3.8) is 0 Å². The van der Waals surface area contributed by atoms with Gasteiger partial charge in [0, 0.05) is 17.3 Å². The second-order valence-corrected chi connectivity index (χ2v) is 6.10. The van der Waals surface area contributed by atoms with Crippen molar-refractivity contribution in [3.05, 3.63) is 51.7 Å². The van der Waals surface area contributed by atoms with Crippen LogP contribution in [-0.4, -0.2) is 31.6 Å². The molecule has 0 saturated carbocycles. The molecule has 2 amide bonds. The van der Waals surface area contributed by atoms with Gasteiger partial charge in [-0.15, -0.1) is 0 Å². The number of rotatable bonds is 5. The monoisotopic (exact) mass is 323 g/mol. The first-order chi connectivity index (χ1) is 10.1. The van der Waals surface area contributed by atoms with Gasteiger partial charge in [-0.2, -0.15) is 11.3 Å². The number of benzene rings is 1. The number of hydrogen-bond acceptors (Lipinski definition) is 3. The molecule has 1 aromatic heterocycles. The van der Waals surface area contributed by atoms with Gasteiger partial charge in [0.2, 0.25) is 0 Å². The number of likely N-dealkylation sites (N-methyl/N-ethyl adjacent to an activating group) is 1. The molecule has 0 radical (unpaired) electrons. The minimum absolute atomic E-state index is 0.154. The van der Waals surface area contributed by atoms with Gasteiger partial charge in [-0.25, -0.2) is 4.79 Å². The molecule has 0 saturated heterocycles.